The second-order valence-corrected chi connectivity index (χ2v) is 6.21. The topological polar surface area (TPSA) is 35.6 Å². The van der Waals surface area contributed by atoms with Gasteiger partial charge in [-0.1, -0.05) is 26.7 Å². The Morgan fingerprint density at radius 2 is 1.79 bits per heavy atom. The number of nitrogens with one attached hydrogen (secondary N) is 1. The number of carbonyl (C=O) groups excluding carboxylic acids is 1. The van der Waals surface area contributed by atoms with Gasteiger partial charge in [0.25, 0.3) is 0 Å². The van der Waals surface area contributed by atoms with Gasteiger partial charge in [-0.15, -0.1) is 0 Å². The molecule has 19 heavy (non-hydrogen) atoms. The fourth-order valence-electron chi connectivity index (χ4n) is 3.23. The number of amides is 1. The summed E-state index contributed by atoms with van der Waals surface area (Å²) < 4.78 is 0. The first-order valence-corrected chi connectivity index (χ1v) is 7.92. The molecule has 1 saturated carbocycles. The van der Waals surface area contributed by atoms with Gasteiger partial charge in [-0.2, -0.15) is 0 Å². The SMILES string of the molecule is CC(C)NCCC(=O)N1CCN(C2CCCC2)CC1. The highest BCUT2D eigenvalue weighted by molar-refractivity contribution is 5.76. The van der Waals surface area contributed by atoms with Crippen molar-refractivity contribution in [2.75, 3.05) is 32.7 Å². The van der Waals surface area contributed by atoms with E-state index >= 15 is 0 Å². The van der Waals surface area contributed by atoms with E-state index in [1.165, 1.54) is 25.7 Å². The predicted molar refractivity (Wildman–Crippen MR) is 78.2 cm³/mol. The van der Waals surface area contributed by atoms with Gasteiger partial charge in [0.05, 0.1) is 0 Å². The molecule has 2 fully saturated rings. The molecule has 0 bridgehead atoms. The number of carbonyl (C=O) groups is 1. The third kappa shape index (κ3) is 4.46. The molecule has 0 spiro atoms. The Labute approximate surface area is 117 Å². The Morgan fingerprint density at radius 3 is 2.37 bits per heavy atom. The molecule has 1 amide bonds. The van der Waals surface area contributed by atoms with Crippen molar-refractivity contribution >= 4 is 5.91 Å². The van der Waals surface area contributed by atoms with E-state index < -0.39 is 0 Å². The first-order chi connectivity index (χ1) is 9.16. The zero-order valence-corrected chi connectivity index (χ0v) is 12.5. The van der Waals surface area contributed by atoms with Crippen LogP contribution in [-0.2, 0) is 4.79 Å². The summed E-state index contributed by atoms with van der Waals surface area (Å²) in [6, 6.07) is 1.27. The van der Waals surface area contributed by atoms with E-state index in [9.17, 15) is 4.79 Å². The highest BCUT2D eigenvalue weighted by Gasteiger charge is 2.27. The highest BCUT2D eigenvalue weighted by atomic mass is 16.2. The smallest absolute Gasteiger partial charge is 0.223 e. The van der Waals surface area contributed by atoms with Crippen LogP contribution in [0.3, 0.4) is 0 Å². The van der Waals surface area contributed by atoms with Crippen LogP contribution in [0.2, 0.25) is 0 Å². The second-order valence-electron chi connectivity index (χ2n) is 6.21. The second kappa shape index (κ2) is 7.25. The van der Waals surface area contributed by atoms with Crippen LogP contribution in [0.4, 0.5) is 0 Å². The van der Waals surface area contributed by atoms with Gasteiger partial charge in [-0.3, -0.25) is 9.69 Å². The van der Waals surface area contributed by atoms with E-state index in [0.717, 1.165) is 38.8 Å². The van der Waals surface area contributed by atoms with Gasteiger partial charge in [0.15, 0.2) is 0 Å². The van der Waals surface area contributed by atoms with Crippen LogP contribution >= 0.6 is 0 Å². The molecular formula is C15H29N3O. The number of rotatable bonds is 5. The molecule has 1 saturated heterocycles. The average Bonchev–Trinajstić information content (AvgIpc) is 2.92. The lowest BCUT2D eigenvalue weighted by atomic mass is 10.1. The Hall–Kier alpha value is -0.610. The van der Waals surface area contributed by atoms with Crippen molar-refractivity contribution < 1.29 is 4.79 Å². The van der Waals surface area contributed by atoms with Crippen LogP contribution in [0.25, 0.3) is 0 Å². The third-order valence-electron chi connectivity index (χ3n) is 4.40. The molecule has 1 heterocycles. The van der Waals surface area contributed by atoms with Gasteiger partial charge < -0.3 is 10.2 Å². The van der Waals surface area contributed by atoms with Gasteiger partial charge >= 0.3 is 0 Å². The first-order valence-electron chi connectivity index (χ1n) is 7.92. The molecule has 0 aromatic carbocycles. The van der Waals surface area contributed by atoms with E-state index in [-0.39, 0.29) is 0 Å². The van der Waals surface area contributed by atoms with Crippen molar-refractivity contribution in [2.45, 2.75) is 58.0 Å². The fourth-order valence-corrected chi connectivity index (χ4v) is 3.23. The van der Waals surface area contributed by atoms with Crippen molar-refractivity contribution in [1.82, 2.24) is 15.1 Å². The molecule has 4 heteroatoms. The van der Waals surface area contributed by atoms with E-state index in [2.05, 4.69) is 24.1 Å². The standard InChI is InChI=1S/C15H29N3O/c1-13(2)16-8-7-15(19)18-11-9-17(10-12-18)14-5-3-4-6-14/h13-14,16H,3-12H2,1-2H3. The maximum Gasteiger partial charge on any atom is 0.223 e. The molecule has 0 atom stereocenters. The van der Waals surface area contributed by atoms with Crippen LogP contribution in [0.15, 0.2) is 0 Å². The quantitative estimate of drug-likeness (QED) is 0.819. The lowest BCUT2D eigenvalue weighted by Gasteiger charge is -2.38. The molecule has 1 N–H and O–H groups in total. The van der Waals surface area contributed by atoms with Crippen LogP contribution in [0.1, 0.15) is 46.0 Å². The van der Waals surface area contributed by atoms with Gasteiger partial charge in [-0.05, 0) is 12.8 Å². The average molecular weight is 267 g/mol. The molecule has 2 aliphatic rings. The van der Waals surface area contributed by atoms with Crippen LogP contribution < -0.4 is 5.32 Å². The number of hydrogen-bond acceptors (Lipinski definition) is 3. The van der Waals surface area contributed by atoms with E-state index in [1.54, 1.807) is 0 Å². The minimum absolute atomic E-state index is 0.319. The third-order valence-corrected chi connectivity index (χ3v) is 4.40. The van der Waals surface area contributed by atoms with Crippen molar-refractivity contribution in [2.24, 2.45) is 0 Å². The van der Waals surface area contributed by atoms with Gasteiger partial charge in [-0.25, -0.2) is 0 Å². The molecule has 1 aliphatic heterocycles. The minimum Gasteiger partial charge on any atom is -0.340 e. The number of nitrogens with zero attached hydrogens (tertiary/aromatic N) is 2. The zero-order chi connectivity index (χ0) is 13.7. The first kappa shape index (κ1) is 14.8. The van der Waals surface area contributed by atoms with Gasteiger partial charge in [0, 0.05) is 51.2 Å². The highest BCUT2D eigenvalue weighted by Crippen LogP contribution is 2.24. The minimum atomic E-state index is 0.319. The Balaban J connectivity index is 1.66. The molecule has 110 valence electrons. The monoisotopic (exact) mass is 267 g/mol. The molecule has 0 unspecified atom stereocenters. The lowest BCUT2D eigenvalue weighted by Crippen LogP contribution is -2.51. The summed E-state index contributed by atoms with van der Waals surface area (Å²) in [6.45, 7) is 9.05. The normalized spacial score (nSPS) is 22.4. The zero-order valence-electron chi connectivity index (χ0n) is 12.5. The van der Waals surface area contributed by atoms with E-state index in [1.807, 2.05) is 4.90 Å². The largest absolute Gasteiger partial charge is 0.340 e. The molecule has 0 radical (unpaired) electrons. The van der Waals surface area contributed by atoms with Gasteiger partial charge in [0.1, 0.15) is 0 Å². The molecule has 0 aromatic heterocycles. The summed E-state index contributed by atoms with van der Waals surface area (Å²) in [5.41, 5.74) is 0. The summed E-state index contributed by atoms with van der Waals surface area (Å²) in [4.78, 5) is 16.7. The molecule has 0 aromatic rings. The van der Waals surface area contributed by atoms with Crippen molar-refractivity contribution in [3.63, 3.8) is 0 Å². The maximum absolute atomic E-state index is 12.1. The van der Waals surface area contributed by atoms with Crippen molar-refractivity contribution in [3.05, 3.63) is 0 Å². The Morgan fingerprint density at radius 1 is 1.16 bits per heavy atom. The summed E-state index contributed by atoms with van der Waals surface area (Å²) in [5.74, 6) is 0.319. The number of piperazine rings is 1. The van der Waals surface area contributed by atoms with Crippen molar-refractivity contribution in [3.8, 4) is 0 Å². The van der Waals surface area contributed by atoms with Crippen molar-refractivity contribution in [1.29, 1.82) is 0 Å². The molecule has 2 rings (SSSR count). The lowest BCUT2D eigenvalue weighted by molar-refractivity contribution is -0.133. The Kier molecular flexibility index (Phi) is 5.64. The molecule has 1 aliphatic carbocycles. The molecular weight excluding hydrogens is 238 g/mol. The molecule has 4 nitrogen and oxygen atoms in total. The number of hydrogen-bond donors (Lipinski definition) is 1. The summed E-state index contributed by atoms with van der Waals surface area (Å²) in [5, 5.41) is 3.31. The summed E-state index contributed by atoms with van der Waals surface area (Å²) in [7, 11) is 0. The van der Waals surface area contributed by atoms with Crippen LogP contribution in [0.5, 0.6) is 0 Å². The summed E-state index contributed by atoms with van der Waals surface area (Å²) in [6.07, 6.45) is 6.16. The van der Waals surface area contributed by atoms with E-state index in [4.69, 9.17) is 0 Å². The van der Waals surface area contributed by atoms with Crippen LogP contribution in [-0.4, -0.2) is 60.5 Å². The predicted octanol–water partition coefficient (Wildman–Crippen LogP) is 1.46. The Bertz CT molecular complexity index is 279. The van der Waals surface area contributed by atoms with Gasteiger partial charge in [0.2, 0.25) is 5.91 Å². The fraction of sp³-hybridized carbons (Fsp3) is 0.933. The van der Waals surface area contributed by atoms with E-state index in [0.29, 0.717) is 18.4 Å². The summed E-state index contributed by atoms with van der Waals surface area (Å²) >= 11 is 0. The maximum atomic E-state index is 12.1. The van der Waals surface area contributed by atoms with Crippen LogP contribution in [0, 0.1) is 0 Å².